The van der Waals surface area contributed by atoms with Gasteiger partial charge in [0.25, 0.3) is 0 Å². The van der Waals surface area contributed by atoms with Crippen LogP contribution >= 0.6 is 0 Å². The quantitative estimate of drug-likeness (QED) is 0.336. The van der Waals surface area contributed by atoms with Crippen LogP contribution in [0.2, 0.25) is 0 Å². The van der Waals surface area contributed by atoms with Crippen molar-refractivity contribution in [3.8, 4) is 6.07 Å². The molecule has 0 fully saturated rings. The molecule has 1 aromatic carbocycles. The molecule has 0 spiro atoms. The van der Waals surface area contributed by atoms with Gasteiger partial charge in [-0.15, -0.1) is 0 Å². The molecule has 18 heavy (non-hydrogen) atoms. The Kier molecular flexibility index (Phi) is 4.15. The zero-order chi connectivity index (χ0) is 13.8. The highest BCUT2D eigenvalue weighted by Crippen LogP contribution is 2.14. The molecule has 0 aromatic heterocycles. The third kappa shape index (κ3) is 2.71. The third-order valence-electron chi connectivity index (χ3n) is 2.15. The van der Waals surface area contributed by atoms with Crippen molar-refractivity contribution >= 4 is 11.8 Å². The van der Waals surface area contributed by atoms with E-state index in [9.17, 15) is 19.8 Å². The van der Waals surface area contributed by atoms with E-state index < -0.39 is 17.5 Å². The fraction of sp³-hybridized carbons (Fsp3) is 0.250. The summed E-state index contributed by atoms with van der Waals surface area (Å²) < 4.78 is 4.38. The van der Waals surface area contributed by atoms with E-state index in [2.05, 4.69) is 4.74 Å². The number of esters is 1. The number of hydrogen-bond donors (Lipinski definition) is 2. The number of aliphatic hydroxyl groups is 2. The fourth-order valence-corrected chi connectivity index (χ4v) is 1.22. The van der Waals surface area contributed by atoms with Gasteiger partial charge < -0.3 is 14.9 Å². The summed E-state index contributed by atoms with van der Waals surface area (Å²) in [7, 11) is 0. The van der Waals surface area contributed by atoms with Gasteiger partial charge in [0.05, 0.1) is 18.2 Å². The van der Waals surface area contributed by atoms with Crippen molar-refractivity contribution in [1.29, 1.82) is 5.26 Å². The maximum Gasteiger partial charge on any atom is 0.375 e. The lowest BCUT2D eigenvalue weighted by molar-refractivity contribution is -0.191. The number of rotatable bonds is 4. The highest BCUT2D eigenvalue weighted by atomic mass is 16.6. The average Bonchev–Trinajstić information content (AvgIpc) is 2.38. The molecule has 0 radical (unpaired) electrons. The highest BCUT2D eigenvalue weighted by Gasteiger charge is 2.44. The number of ketones is 1. The predicted molar refractivity (Wildman–Crippen MR) is 59.3 cm³/mol. The zero-order valence-electron chi connectivity index (χ0n) is 9.58. The summed E-state index contributed by atoms with van der Waals surface area (Å²) in [5.74, 6) is -5.85. The smallest absolute Gasteiger partial charge is 0.375 e. The summed E-state index contributed by atoms with van der Waals surface area (Å²) in [6.07, 6.45) is 0. The summed E-state index contributed by atoms with van der Waals surface area (Å²) >= 11 is 0. The van der Waals surface area contributed by atoms with Crippen molar-refractivity contribution in [2.45, 2.75) is 12.7 Å². The van der Waals surface area contributed by atoms with Gasteiger partial charge in [-0.3, -0.25) is 4.79 Å². The van der Waals surface area contributed by atoms with E-state index in [0.717, 1.165) is 0 Å². The first-order chi connectivity index (χ1) is 8.43. The van der Waals surface area contributed by atoms with Gasteiger partial charge in [-0.1, -0.05) is 0 Å². The Balaban J connectivity index is 2.98. The first kappa shape index (κ1) is 13.8. The number of nitrogens with zero attached hydrogens (tertiary/aromatic N) is 1. The standard InChI is InChI=1S/C12H11NO5/c1-2-18-11(15)12(16,17)10(14)9-5-3-8(7-13)4-6-9/h3-6,16-17H,2H2,1H3. The molecule has 0 aliphatic heterocycles. The SMILES string of the molecule is CCOC(=O)C(O)(O)C(=O)c1ccc(C#N)cc1. The molecule has 1 aromatic rings. The van der Waals surface area contributed by atoms with Gasteiger partial charge in [0.2, 0.25) is 5.78 Å². The van der Waals surface area contributed by atoms with Gasteiger partial charge in [-0.25, -0.2) is 4.79 Å². The molecule has 0 unspecified atom stereocenters. The maximum atomic E-state index is 11.7. The lowest BCUT2D eigenvalue weighted by atomic mass is 10.0. The van der Waals surface area contributed by atoms with Crippen LogP contribution in [0.4, 0.5) is 0 Å². The summed E-state index contributed by atoms with van der Waals surface area (Å²) in [6.45, 7) is 1.39. The minimum atomic E-state index is -3.22. The number of carbonyl (C=O) groups is 2. The van der Waals surface area contributed by atoms with Crippen LogP contribution in [-0.2, 0) is 9.53 Å². The van der Waals surface area contributed by atoms with Crippen molar-refractivity contribution in [3.63, 3.8) is 0 Å². The van der Waals surface area contributed by atoms with Gasteiger partial charge in [-0.05, 0) is 31.2 Å². The highest BCUT2D eigenvalue weighted by molar-refractivity contribution is 6.13. The molecule has 6 heteroatoms. The summed E-state index contributed by atoms with van der Waals surface area (Å²) in [6, 6.07) is 6.95. The van der Waals surface area contributed by atoms with Crippen LogP contribution < -0.4 is 0 Å². The lowest BCUT2D eigenvalue weighted by Crippen LogP contribution is -2.47. The van der Waals surface area contributed by atoms with Crippen LogP contribution in [0.15, 0.2) is 24.3 Å². The molecule has 0 saturated carbocycles. The van der Waals surface area contributed by atoms with Crippen molar-refractivity contribution in [2.75, 3.05) is 6.61 Å². The van der Waals surface area contributed by atoms with E-state index in [1.807, 2.05) is 6.07 Å². The van der Waals surface area contributed by atoms with Gasteiger partial charge in [0, 0.05) is 5.56 Å². The zero-order valence-corrected chi connectivity index (χ0v) is 9.58. The molecule has 0 aliphatic rings. The minimum absolute atomic E-state index is 0.0810. The molecule has 0 saturated heterocycles. The Bertz CT molecular complexity index is 498. The van der Waals surface area contributed by atoms with Crippen LogP contribution in [-0.4, -0.2) is 34.4 Å². The molecule has 0 bridgehead atoms. The van der Waals surface area contributed by atoms with Crippen molar-refractivity contribution in [2.24, 2.45) is 0 Å². The number of nitriles is 1. The van der Waals surface area contributed by atoms with Crippen LogP contribution in [0.25, 0.3) is 0 Å². The van der Waals surface area contributed by atoms with Crippen LogP contribution in [0, 0.1) is 11.3 Å². The van der Waals surface area contributed by atoms with Crippen molar-refractivity contribution in [3.05, 3.63) is 35.4 Å². The summed E-state index contributed by atoms with van der Waals surface area (Å²) in [4.78, 5) is 22.9. The minimum Gasteiger partial charge on any atom is -0.462 e. The van der Waals surface area contributed by atoms with Gasteiger partial charge >= 0.3 is 11.8 Å². The Morgan fingerprint density at radius 2 is 1.89 bits per heavy atom. The van der Waals surface area contributed by atoms with E-state index >= 15 is 0 Å². The number of Topliss-reactive ketones (excluding diaryl/α,β-unsaturated/α-hetero) is 1. The first-order valence-corrected chi connectivity index (χ1v) is 5.10. The lowest BCUT2D eigenvalue weighted by Gasteiger charge is -2.17. The van der Waals surface area contributed by atoms with Crippen LogP contribution in [0.1, 0.15) is 22.8 Å². The predicted octanol–water partition coefficient (Wildman–Crippen LogP) is -0.0150. The molecule has 94 valence electrons. The summed E-state index contributed by atoms with van der Waals surface area (Å²) in [5.41, 5.74) is 0.205. The van der Waals surface area contributed by atoms with E-state index in [1.54, 1.807) is 0 Å². The number of ether oxygens (including phenoxy) is 1. The molecule has 6 nitrogen and oxygen atoms in total. The second-order valence-electron chi connectivity index (χ2n) is 3.41. The number of carbonyl (C=O) groups excluding carboxylic acids is 2. The molecule has 1 rings (SSSR count). The second kappa shape index (κ2) is 5.40. The monoisotopic (exact) mass is 249 g/mol. The topological polar surface area (TPSA) is 108 Å². The third-order valence-corrected chi connectivity index (χ3v) is 2.15. The van der Waals surface area contributed by atoms with E-state index in [0.29, 0.717) is 5.56 Å². The largest absolute Gasteiger partial charge is 0.462 e. The Labute approximate surface area is 103 Å². The molecule has 0 aliphatic carbocycles. The van der Waals surface area contributed by atoms with Crippen LogP contribution in [0.5, 0.6) is 0 Å². The van der Waals surface area contributed by atoms with E-state index in [4.69, 9.17) is 5.26 Å². The van der Waals surface area contributed by atoms with Crippen molar-refractivity contribution in [1.82, 2.24) is 0 Å². The van der Waals surface area contributed by atoms with E-state index in [1.165, 1.54) is 31.2 Å². The maximum absolute atomic E-state index is 11.7. The molecule has 0 amide bonds. The molecule has 0 atom stereocenters. The number of hydrogen-bond acceptors (Lipinski definition) is 6. The molecule has 0 heterocycles. The molecular weight excluding hydrogens is 238 g/mol. The Morgan fingerprint density at radius 3 is 2.33 bits per heavy atom. The Hall–Kier alpha value is -2.23. The average molecular weight is 249 g/mol. The van der Waals surface area contributed by atoms with Gasteiger partial charge in [-0.2, -0.15) is 5.26 Å². The molecular formula is C12H11NO5. The molecule has 2 N–H and O–H groups in total. The second-order valence-corrected chi connectivity index (χ2v) is 3.41. The van der Waals surface area contributed by atoms with Crippen molar-refractivity contribution < 1.29 is 24.5 Å². The van der Waals surface area contributed by atoms with Gasteiger partial charge in [0.1, 0.15) is 0 Å². The van der Waals surface area contributed by atoms with Gasteiger partial charge in [0.15, 0.2) is 0 Å². The first-order valence-electron chi connectivity index (χ1n) is 5.10. The fourth-order valence-electron chi connectivity index (χ4n) is 1.22. The van der Waals surface area contributed by atoms with E-state index in [-0.39, 0.29) is 12.2 Å². The number of benzene rings is 1. The Morgan fingerprint density at radius 1 is 1.33 bits per heavy atom. The normalized spacial score (nSPS) is 10.6. The summed E-state index contributed by atoms with van der Waals surface area (Å²) in [5, 5.41) is 27.4. The van der Waals surface area contributed by atoms with Crippen LogP contribution in [0.3, 0.4) is 0 Å².